The first-order valence-electron chi connectivity index (χ1n) is 7.90. The van der Waals surface area contributed by atoms with Crippen LogP contribution in [0, 0.1) is 17.4 Å². The Balaban J connectivity index is 2.20. The van der Waals surface area contributed by atoms with E-state index in [2.05, 4.69) is 34.6 Å². The summed E-state index contributed by atoms with van der Waals surface area (Å²) in [5.74, 6) is -0.0427. The van der Waals surface area contributed by atoms with Gasteiger partial charge in [-0.15, -0.1) is 0 Å². The average Bonchev–Trinajstić information content (AvgIpc) is 2.78. The van der Waals surface area contributed by atoms with Gasteiger partial charge in [-0.3, -0.25) is 4.79 Å². The molecular weight excluding hydrogens is 387 g/mol. The number of hydrogen-bond donors (Lipinski definition) is 0. The lowest BCUT2D eigenvalue weighted by Crippen LogP contribution is -2.15. The second kappa shape index (κ2) is 7.90. The van der Waals surface area contributed by atoms with Gasteiger partial charge in [0.05, 0.1) is 5.69 Å². The lowest BCUT2D eigenvalue weighted by atomic mass is 10.0. The molecule has 1 aromatic heterocycles. The third-order valence-corrected chi connectivity index (χ3v) is 4.66. The fourth-order valence-corrected chi connectivity index (χ4v) is 3.25. The van der Waals surface area contributed by atoms with Crippen molar-refractivity contribution in [2.75, 3.05) is 0 Å². The summed E-state index contributed by atoms with van der Waals surface area (Å²) in [4.78, 5) is 12.7. The molecule has 0 aliphatic heterocycles. The number of unbranched alkanes of at least 4 members (excludes halogenated alkanes) is 3. The highest BCUT2D eigenvalue weighted by Crippen LogP contribution is 2.18. The predicted octanol–water partition coefficient (Wildman–Crippen LogP) is 4.92. The van der Waals surface area contributed by atoms with Crippen LogP contribution in [0.5, 0.6) is 0 Å². The van der Waals surface area contributed by atoms with Crippen LogP contribution in [0.25, 0.3) is 0 Å². The SMILES string of the molecule is CCCCCCc1c(C)nn(C(=O)c2cccc(I)c2)c1C. The molecule has 0 saturated heterocycles. The van der Waals surface area contributed by atoms with Crippen molar-refractivity contribution in [1.29, 1.82) is 0 Å². The van der Waals surface area contributed by atoms with Gasteiger partial charge < -0.3 is 0 Å². The molecule has 1 heterocycles. The van der Waals surface area contributed by atoms with Gasteiger partial charge >= 0.3 is 0 Å². The molecule has 0 unspecified atom stereocenters. The highest BCUT2D eigenvalue weighted by Gasteiger charge is 2.17. The van der Waals surface area contributed by atoms with Crippen molar-refractivity contribution in [3.63, 3.8) is 0 Å². The number of rotatable bonds is 6. The smallest absolute Gasteiger partial charge is 0.267 e. The quantitative estimate of drug-likeness (QED) is 0.501. The van der Waals surface area contributed by atoms with Crippen LogP contribution < -0.4 is 0 Å². The van der Waals surface area contributed by atoms with Gasteiger partial charge in [-0.05, 0) is 73.0 Å². The van der Waals surface area contributed by atoms with Crippen LogP contribution >= 0.6 is 22.6 Å². The van der Waals surface area contributed by atoms with Crippen LogP contribution in [0.1, 0.15) is 59.9 Å². The number of benzene rings is 1. The van der Waals surface area contributed by atoms with Gasteiger partial charge in [0.15, 0.2) is 0 Å². The first kappa shape index (κ1) is 17.2. The van der Waals surface area contributed by atoms with Crippen molar-refractivity contribution in [2.24, 2.45) is 0 Å². The predicted molar refractivity (Wildman–Crippen MR) is 98.4 cm³/mol. The number of halogens is 1. The number of nitrogens with zero attached hydrogens (tertiary/aromatic N) is 2. The molecule has 0 aliphatic carbocycles. The summed E-state index contributed by atoms with van der Waals surface area (Å²) in [5, 5.41) is 4.48. The van der Waals surface area contributed by atoms with E-state index in [1.54, 1.807) is 4.68 Å². The van der Waals surface area contributed by atoms with Crippen molar-refractivity contribution < 1.29 is 4.79 Å². The summed E-state index contributed by atoms with van der Waals surface area (Å²) < 4.78 is 2.63. The topological polar surface area (TPSA) is 34.9 Å². The highest BCUT2D eigenvalue weighted by molar-refractivity contribution is 14.1. The molecule has 0 bridgehead atoms. The molecule has 0 N–H and O–H groups in total. The average molecular weight is 410 g/mol. The zero-order valence-corrected chi connectivity index (χ0v) is 15.7. The van der Waals surface area contributed by atoms with E-state index in [0.717, 1.165) is 21.4 Å². The van der Waals surface area contributed by atoms with Gasteiger partial charge in [0.1, 0.15) is 0 Å². The van der Waals surface area contributed by atoms with Crippen LogP contribution in [-0.4, -0.2) is 15.7 Å². The molecule has 0 spiro atoms. The Morgan fingerprint density at radius 3 is 2.68 bits per heavy atom. The third kappa shape index (κ3) is 3.97. The molecule has 4 heteroatoms. The third-order valence-electron chi connectivity index (χ3n) is 3.99. The Bertz CT molecular complexity index is 661. The summed E-state index contributed by atoms with van der Waals surface area (Å²) in [5.41, 5.74) is 3.89. The molecule has 0 radical (unpaired) electrons. The fraction of sp³-hybridized carbons (Fsp3) is 0.444. The number of carbonyl (C=O) groups excluding carboxylic acids is 1. The van der Waals surface area contributed by atoms with Crippen molar-refractivity contribution in [3.8, 4) is 0 Å². The number of aromatic nitrogens is 2. The standard InChI is InChI=1S/C18H23IN2O/c1-4-5-6-7-11-17-13(2)20-21(14(17)3)18(22)15-9-8-10-16(19)12-15/h8-10,12H,4-7,11H2,1-3H3. The molecule has 1 aromatic carbocycles. The van der Waals surface area contributed by atoms with Crippen LogP contribution in [0.15, 0.2) is 24.3 Å². The minimum Gasteiger partial charge on any atom is -0.267 e. The lowest BCUT2D eigenvalue weighted by molar-refractivity contribution is 0.0942. The van der Waals surface area contributed by atoms with Crippen molar-refractivity contribution in [3.05, 3.63) is 50.4 Å². The van der Waals surface area contributed by atoms with Gasteiger partial charge in [0.2, 0.25) is 0 Å². The van der Waals surface area contributed by atoms with Gasteiger partial charge in [0.25, 0.3) is 5.91 Å². The van der Waals surface area contributed by atoms with Gasteiger partial charge in [-0.2, -0.15) is 5.10 Å². The van der Waals surface area contributed by atoms with Crippen LogP contribution in [0.3, 0.4) is 0 Å². The Labute approximate surface area is 146 Å². The molecule has 0 atom stereocenters. The molecule has 0 aliphatic rings. The Kier molecular flexibility index (Phi) is 6.17. The first-order valence-corrected chi connectivity index (χ1v) is 8.97. The zero-order chi connectivity index (χ0) is 16.1. The van der Waals surface area contributed by atoms with E-state index < -0.39 is 0 Å². The molecule has 2 aromatic rings. The lowest BCUT2D eigenvalue weighted by Gasteiger charge is -2.05. The number of carbonyl (C=O) groups is 1. The van der Waals surface area contributed by atoms with Gasteiger partial charge in [-0.1, -0.05) is 32.3 Å². The molecule has 0 fully saturated rings. The van der Waals surface area contributed by atoms with E-state index in [1.807, 2.05) is 38.1 Å². The van der Waals surface area contributed by atoms with Crippen LogP contribution in [-0.2, 0) is 6.42 Å². The van der Waals surface area contributed by atoms with Gasteiger partial charge in [0, 0.05) is 14.8 Å². The maximum absolute atomic E-state index is 12.7. The summed E-state index contributed by atoms with van der Waals surface area (Å²) in [6, 6.07) is 7.65. The van der Waals surface area contributed by atoms with E-state index >= 15 is 0 Å². The monoisotopic (exact) mass is 410 g/mol. The zero-order valence-electron chi connectivity index (χ0n) is 13.5. The molecule has 0 saturated carbocycles. The molecule has 0 amide bonds. The number of hydrogen-bond acceptors (Lipinski definition) is 2. The molecule has 2 rings (SSSR count). The first-order chi connectivity index (χ1) is 10.5. The summed E-state index contributed by atoms with van der Waals surface area (Å²) in [6.45, 7) is 6.22. The second-order valence-corrected chi connectivity index (χ2v) is 6.93. The molecule has 3 nitrogen and oxygen atoms in total. The summed E-state index contributed by atoms with van der Waals surface area (Å²) in [7, 11) is 0. The fourth-order valence-electron chi connectivity index (χ4n) is 2.71. The Morgan fingerprint density at radius 2 is 2.00 bits per heavy atom. The van der Waals surface area contributed by atoms with Gasteiger partial charge in [-0.25, -0.2) is 4.68 Å². The van der Waals surface area contributed by atoms with Crippen molar-refractivity contribution in [2.45, 2.75) is 52.9 Å². The summed E-state index contributed by atoms with van der Waals surface area (Å²) in [6.07, 6.45) is 5.93. The van der Waals surface area contributed by atoms with E-state index in [1.165, 1.54) is 31.2 Å². The van der Waals surface area contributed by atoms with Crippen molar-refractivity contribution >= 4 is 28.5 Å². The largest absolute Gasteiger partial charge is 0.278 e. The van der Waals surface area contributed by atoms with E-state index in [9.17, 15) is 4.79 Å². The molecule has 118 valence electrons. The Morgan fingerprint density at radius 1 is 1.23 bits per heavy atom. The number of aryl methyl sites for hydroxylation is 1. The second-order valence-electron chi connectivity index (χ2n) is 5.69. The van der Waals surface area contributed by atoms with Crippen molar-refractivity contribution in [1.82, 2.24) is 9.78 Å². The molecular formula is C18H23IN2O. The molecule has 22 heavy (non-hydrogen) atoms. The highest BCUT2D eigenvalue weighted by atomic mass is 127. The minimum absolute atomic E-state index is 0.0427. The van der Waals surface area contributed by atoms with Crippen LogP contribution in [0.4, 0.5) is 0 Å². The van der Waals surface area contributed by atoms with E-state index in [-0.39, 0.29) is 5.91 Å². The maximum atomic E-state index is 12.7. The van der Waals surface area contributed by atoms with Crippen LogP contribution in [0.2, 0.25) is 0 Å². The van der Waals surface area contributed by atoms with E-state index in [4.69, 9.17) is 0 Å². The summed E-state index contributed by atoms with van der Waals surface area (Å²) >= 11 is 2.22. The Hall–Kier alpha value is -1.17. The maximum Gasteiger partial charge on any atom is 0.278 e. The minimum atomic E-state index is -0.0427. The van der Waals surface area contributed by atoms with E-state index in [0.29, 0.717) is 5.56 Å². The normalized spacial score (nSPS) is 10.9.